The first kappa shape index (κ1) is 17.0. The van der Waals surface area contributed by atoms with Crippen LogP contribution in [0, 0.1) is 6.92 Å². The van der Waals surface area contributed by atoms with Gasteiger partial charge in [0.1, 0.15) is 5.75 Å². The lowest BCUT2D eigenvalue weighted by Crippen LogP contribution is -2.05. The number of carbonyl (C=O) groups excluding carboxylic acids is 1. The number of phenols is 1. The Bertz CT molecular complexity index is 1140. The van der Waals surface area contributed by atoms with Crippen LogP contribution >= 0.6 is 0 Å². The van der Waals surface area contributed by atoms with Crippen molar-refractivity contribution in [1.29, 1.82) is 0 Å². The Morgan fingerprint density at radius 2 is 1.89 bits per heavy atom. The molecule has 0 saturated carbocycles. The number of hydrogen-bond donors (Lipinski definition) is 1. The predicted octanol–water partition coefficient (Wildman–Crippen LogP) is 4.20. The van der Waals surface area contributed by atoms with Gasteiger partial charge < -0.3 is 5.11 Å². The quantitative estimate of drug-likeness (QED) is 0.556. The molecule has 0 aliphatic carbocycles. The number of ketones is 1. The number of benzene rings is 2. The van der Waals surface area contributed by atoms with E-state index in [1.54, 1.807) is 22.8 Å². The van der Waals surface area contributed by atoms with Gasteiger partial charge >= 0.3 is 0 Å². The third kappa shape index (κ3) is 3.19. The van der Waals surface area contributed by atoms with Crippen molar-refractivity contribution < 1.29 is 9.90 Å². The van der Waals surface area contributed by atoms with Crippen LogP contribution in [0.4, 0.5) is 0 Å². The maximum absolute atomic E-state index is 12.9. The van der Waals surface area contributed by atoms with E-state index in [0.29, 0.717) is 11.2 Å². The van der Waals surface area contributed by atoms with Crippen LogP contribution in [0.25, 0.3) is 16.9 Å². The summed E-state index contributed by atoms with van der Waals surface area (Å²) in [6.07, 6.45) is 3.97. The fraction of sp³-hybridized carbons (Fsp3) is 0.136. The summed E-state index contributed by atoms with van der Waals surface area (Å²) in [4.78, 5) is 17.2. The Labute approximate surface area is 156 Å². The Morgan fingerprint density at radius 3 is 2.63 bits per heavy atom. The van der Waals surface area contributed by atoms with E-state index in [4.69, 9.17) is 0 Å². The smallest absolute Gasteiger partial charge is 0.199 e. The van der Waals surface area contributed by atoms with Gasteiger partial charge in [-0.05, 0) is 31.0 Å². The van der Waals surface area contributed by atoms with Crippen LogP contribution in [-0.2, 0) is 6.42 Å². The zero-order valence-corrected chi connectivity index (χ0v) is 15.2. The molecule has 0 unspecified atom stereocenters. The van der Waals surface area contributed by atoms with Crippen LogP contribution in [0.5, 0.6) is 5.75 Å². The van der Waals surface area contributed by atoms with Crippen molar-refractivity contribution in [1.82, 2.24) is 14.6 Å². The van der Waals surface area contributed by atoms with E-state index >= 15 is 0 Å². The minimum atomic E-state index is -0.274. The molecule has 27 heavy (non-hydrogen) atoms. The minimum Gasteiger partial charge on any atom is -0.507 e. The first-order valence-corrected chi connectivity index (χ1v) is 8.84. The Morgan fingerprint density at radius 1 is 1.11 bits per heavy atom. The fourth-order valence-electron chi connectivity index (χ4n) is 3.00. The van der Waals surface area contributed by atoms with Gasteiger partial charge in [0.25, 0.3) is 0 Å². The highest BCUT2D eigenvalue weighted by molar-refractivity contribution is 6.10. The summed E-state index contributed by atoms with van der Waals surface area (Å²) >= 11 is 0. The number of nitrogens with zero attached hydrogens (tertiary/aromatic N) is 3. The summed E-state index contributed by atoms with van der Waals surface area (Å²) in [5, 5.41) is 14.6. The van der Waals surface area contributed by atoms with Gasteiger partial charge in [0.2, 0.25) is 0 Å². The van der Waals surface area contributed by atoms with E-state index in [1.807, 2.05) is 50.2 Å². The number of aryl methyl sites for hydroxylation is 2. The number of rotatable bonds is 4. The second-order valence-electron chi connectivity index (χ2n) is 6.58. The molecule has 2 aromatic carbocycles. The summed E-state index contributed by atoms with van der Waals surface area (Å²) in [5.41, 5.74) is 5.28. The standard InChI is InChI=1S/C22H19N3O2/c1-3-15-6-9-20(26)18(10-15)22(27)17-12-23-21-11-19(24-25(21)13-17)16-7-4-14(2)5-8-16/h4-13,26H,3H2,1-2H3. The fourth-order valence-corrected chi connectivity index (χ4v) is 3.00. The molecule has 2 aromatic heterocycles. The molecule has 0 fully saturated rings. The summed E-state index contributed by atoms with van der Waals surface area (Å²) in [6, 6.07) is 15.1. The normalized spacial score (nSPS) is 11.0. The number of phenolic OH excluding ortho intramolecular Hbond substituents is 1. The molecule has 0 radical (unpaired) electrons. The lowest BCUT2D eigenvalue weighted by atomic mass is 10.0. The number of aromatic hydroxyl groups is 1. The van der Waals surface area contributed by atoms with Crippen LogP contribution < -0.4 is 0 Å². The molecule has 0 spiro atoms. The molecule has 134 valence electrons. The molecule has 0 bridgehead atoms. The molecule has 0 atom stereocenters. The summed E-state index contributed by atoms with van der Waals surface area (Å²) < 4.78 is 1.60. The van der Waals surface area contributed by atoms with E-state index < -0.39 is 0 Å². The number of aromatic nitrogens is 3. The maximum Gasteiger partial charge on any atom is 0.199 e. The highest BCUT2D eigenvalue weighted by Crippen LogP contribution is 2.23. The molecular formula is C22H19N3O2. The molecule has 1 N–H and O–H groups in total. The first-order valence-electron chi connectivity index (χ1n) is 8.84. The van der Waals surface area contributed by atoms with E-state index in [0.717, 1.165) is 23.2 Å². The molecule has 5 heteroatoms. The lowest BCUT2D eigenvalue weighted by molar-refractivity contribution is 0.103. The minimum absolute atomic E-state index is 0.0295. The zero-order chi connectivity index (χ0) is 19.0. The number of carbonyl (C=O) groups is 1. The molecule has 4 rings (SSSR count). The number of fused-ring (bicyclic) bond motifs is 1. The van der Waals surface area contributed by atoms with Crippen molar-refractivity contribution >= 4 is 11.4 Å². The molecular weight excluding hydrogens is 338 g/mol. The van der Waals surface area contributed by atoms with Crippen LogP contribution in [-0.4, -0.2) is 25.5 Å². The van der Waals surface area contributed by atoms with Crippen LogP contribution in [0.3, 0.4) is 0 Å². The second kappa shape index (κ2) is 6.68. The monoisotopic (exact) mass is 357 g/mol. The topological polar surface area (TPSA) is 67.5 Å². The number of hydrogen-bond acceptors (Lipinski definition) is 4. The molecule has 2 heterocycles. The van der Waals surface area contributed by atoms with Crippen LogP contribution in [0.1, 0.15) is 34.0 Å². The van der Waals surface area contributed by atoms with Gasteiger partial charge in [-0.3, -0.25) is 4.79 Å². The van der Waals surface area contributed by atoms with Crippen molar-refractivity contribution in [3.8, 4) is 17.0 Å². The average Bonchev–Trinajstić information content (AvgIpc) is 3.11. The third-order valence-corrected chi connectivity index (χ3v) is 4.64. The average molecular weight is 357 g/mol. The molecule has 0 amide bonds. The van der Waals surface area contributed by atoms with E-state index in [9.17, 15) is 9.90 Å². The van der Waals surface area contributed by atoms with Gasteiger partial charge in [-0.15, -0.1) is 0 Å². The predicted molar refractivity (Wildman–Crippen MR) is 104 cm³/mol. The van der Waals surface area contributed by atoms with Gasteiger partial charge in [-0.1, -0.05) is 42.8 Å². The third-order valence-electron chi connectivity index (χ3n) is 4.64. The lowest BCUT2D eigenvalue weighted by Gasteiger charge is -2.06. The molecule has 0 aliphatic rings. The Balaban J connectivity index is 1.73. The maximum atomic E-state index is 12.9. The van der Waals surface area contributed by atoms with Crippen molar-refractivity contribution in [3.63, 3.8) is 0 Å². The SMILES string of the molecule is CCc1ccc(O)c(C(=O)c2cnc3cc(-c4ccc(C)cc4)nn3c2)c1. The Hall–Kier alpha value is -3.47. The second-order valence-corrected chi connectivity index (χ2v) is 6.58. The Kier molecular flexibility index (Phi) is 4.20. The summed E-state index contributed by atoms with van der Waals surface area (Å²) in [5.74, 6) is -0.303. The van der Waals surface area contributed by atoms with Gasteiger partial charge in [0.15, 0.2) is 11.4 Å². The van der Waals surface area contributed by atoms with E-state index in [2.05, 4.69) is 10.1 Å². The molecule has 0 aliphatic heterocycles. The molecule has 0 saturated heterocycles. The van der Waals surface area contributed by atoms with Crippen molar-refractivity contribution in [2.45, 2.75) is 20.3 Å². The zero-order valence-electron chi connectivity index (χ0n) is 15.2. The van der Waals surface area contributed by atoms with Crippen LogP contribution in [0.15, 0.2) is 60.9 Å². The molecule has 5 nitrogen and oxygen atoms in total. The summed E-state index contributed by atoms with van der Waals surface area (Å²) in [6.45, 7) is 4.04. The van der Waals surface area contributed by atoms with Gasteiger partial charge in [-0.2, -0.15) is 5.10 Å². The van der Waals surface area contributed by atoms with Gasteiger partial charge in [0, 0.05) is 24.0 Å². The van der Waals surface area contributed by atoms with Crippen molar-refractivity contribution in [2.75, 3.05) is 0 Å². The summed E-state index contributed by atoms with van der Waals surface area (Å²) in [7, 11) is 0. The van der Waals surface area contributed by atoms with E-state index in [-0.39, 0.29) is 17.1 Å². The van der Waals surface area contributed by atoms with E-state index in [1.165, 1.54) is 11.8 Å². The largest absolute Gasteiger partial charge is 0.507 e. The van der Waals surface area contributed by atoms with Crippen molar-refractivity contribution in [2.24, 2.45) is 0 Å². The van der Waals surface area contributed by atoms with Gasteiger partial charge in [-0.25, -0.2) is 9.50 Å². The van der Waals surface area contributed by atoms with Crippen molar-refractivity contribution in [3.05, 3.63) is 83.2 Å². The van der Waals surface area contributed by atoms with Gasteiger partial charge in [0.05, 0.1) is 16.8 Å². The highest BCUT2D eigenvalue weighted by Gasteiger charge is 2.16. The molecule has 4 aromatic rings. The first-order chi connectivity index (χ1) is 13.0. The van der Waals surface area contributed by atoms with Crippen LogP contribution in [0.2, 0.25) is 0 Å². The highest BCUT2D eigenvalue weighted by atomic mass is 16.3.